The third kappa shape index (κ3) is 9.28. The fraction of sp³-hybridized carbons (Fsp3) is 0.300. The minimum Gasteiger partial charge on any atom is -0.494 e. The lowest BCUT2D eigenvalue weighted by Crippen LogP contribution is -2.37. The molecule has 27 heavy (non-hydrogen) atoms. The molecule has 2 aromatic rings. The Kier molecular flexibility index (Phi) is 10.9. The SMILES string of the molecule is CN=C(NCCCOc1ccccc1)NCc1cccc(NC(C)=O)c1.I. The summed E-state index contributed by atoms with van der Waals surface area (Å²) in [7, 11) is 1.74. The number of halogens is 1. The maximum atomic E-state index is 11.1. The molecule has 0 aliphatic rings. The van der Waals surface area contributed by atoms with Crippen LogP contribution in [0.15, 0.2) is 59.6 Å². The molecule has 3 N–H and O–H groups in total. The molecular formula is C20H27IN4O2. The summed E-state index contributed by atoms with van der Waals surface area (Å²) < 4.78 is 5.66. The Hall–Kier alpha value is -2.29. The van der Waals surface area contributed by atoms with E-state index in [4.69, 9.17) is 4.74 Å². The molecule has 0 fully saturated rings. The lowest BCUT2D eigenvalue weighted by molar-refractivity contribution is -0.114. The normalized spacial score (nSPS) is 10.5. The maximum Gasteiger partial charge on any atom is 0.221 e. The zero-order valence-electron chi connectivity index (χ0n) is 15.7. The van der Waals surface area contributed by atoms with E-state index in [9.17, 15) is 4.79 Å². The molecule has 2 rings (SSSR count). The first-order valence-electron chi connectivity index (χ1n) is 8.66. The number of para-hydroxylation sites is 1. The smallest absolute Gasteiger partial charge is 0.221 e. The van der Waals surface area contributed by atoms with Gasteiger partial charge in [0, 0.05) is 32.7 Å². The molecule has 0 aromatic heterocycles. The molecule has 0 radical (unpaired) electrons. The number of hydrogen-bond acceptors (Lipinski definition) is 3. The van der Waals surface area contributed by atoms with Crippen molar-refractivity contribution in [3.63, 3.8) is 0 Å². The molecule has 0 spiro atoms. The molecule has 0 unspecified atom stereocenters. The summed E-state index contributed by atoms with van der Waals surface area (Å²) in [6, 6.07) is 17.5. The Balaban J connectivity index is 0.00000364. The van der Waals surface area contributed by atoms with Crippen LogP contribution >= 0.6 is 24.0 Å². The van der Waals surface area contributed by atoms with Crippen LogP contribution in [0.2, 0.25) is 0 Å². The molecule has 146 valence electrons. The maximum absolute atomic E-state index is 11.1. The van der Waals surface area contributed by atoms with E-state index >= 15 is 0 Å². The van der Waals surface area contributed by atoms with Crippen LogP contribution in [-0.2, 0) is 11.3 Å². The van der Waals surface area contributed by atoms with Crippen molar-refractivity contribution in [3.8, 4) is 5.75 Å². The van der Waals surface area contributed by atoms with Gasteiger partial charge in [-0.2, -0.15) is 0 Å². The molecule has 0 aliphatic heterocycles. The Labute approximate surface area is 177 Å². The van der Waals surface area contributed by atoms with Crippen LogP contribution in [0.4, 0.5) is 5.69 Å². The van der Waals surface area contributed by atoms with Gasteiger partial charge in [-0.05, 0) is 36.2 Å². The van der Waals surface area contributed by atoms with Crippen LogP contribution in [0.25, 0.3) is 0 Å². The Morgan fingerprint density at radius 1 is 1.07 bits per heavy atom. The number of carbonyl (C=O) groups is 1. The van der Waals surface area contributed by atoms with E-state index in [1.165, 1.54) is 6.92 Å². The molecule has 2 aromatic carbocycles. The third-order valence-corrected chi connectivity index (χ3v) is 3.56. The van der Waals surface area contributed by atoms with E-state index in [0.717, 1.165) is 35.9 Å². The second kappa shape index (κ2) is 13.0. The number of anilines is 1. The van der Waals surface area contributed by atoms with Gasteiger partial charge in [-0.25, -0.2) is 0 Å². The van der Waals surface area contributed by atoms with Crippen LogP contribution in [0.5, 0.6) is 5.75 Å². The topological polar surface area (TPSA) is 74.8 Å². The third-order valence-electron chi connectivity index (χ3n) is 3.56. The predicted molar refractivity (Wildman–Crippen MR) is 121 cm³/mol. The van der Waals surface area contributed by atoms with Crippen molar-refractivity contribution in [2.75, 3.05) is 25.5 Å². The van der Waals surface area contributed by atoms with Gasteiger partial charge in [-0.1, -0.05) is 30.3 Å². The number of carbonyl (C=O) groups excluding carboxylic acids is 1. The van der Waals surface area contributed by atoms with Gasteiger partial charge in [0.1, 0.15) is 5.75 Å². The Morgan fingerprint density at radius 2 is 1.85 bits per heavy atom. The first-order valence-corrected chi connectivity index (χ1v) is 8.66. The molecule has 1 amide bonds. The molecule has 6 nitrogen and oxygen atoms in total. The quantitative estimate of drug-likeness (QED) is 0.234. The fourth-order valence-electron chi connectivity index (χ4n) is 2.35. The van der Waals surface area contributed by atoms with Gasteiger partial charge in [-0.15, -0.1) is 24.0 Å². The number of aliphatic imine (C=N–C) groups is 1. The number of amides is 1. The highest BCUT2D eigenvalue weighted by Gasteiger charge is 2.01. The van der Waals surface area contributed by atoms with Gasteiger partial charge in [0.2, 0.25) is 5.91 Å². The second-order valence-electron chi connectivity index (χ2n) is 5.75. The van der Waals surface area contributed by atoms with Crippen molar-refractivity contribution >= 4 is 41.5 Å². The van der Waals surface area contributed by atoms with Gasteiger partial charge < -0.3 is 20.7 Å². The lowest BCUT2D eigenvalue weighted by atomic mass is 10.2. The number of nitrogens with zero attached hydrogens (tertiary/aromatic N) is 1. The van der Waals surface area contributed by atoms with Gasteiger partial charge in [0.15, 0.2) is 5.96 Å². The van der Waals surface area contributed by atoms with E-state index in [-0.39, 0.29) is 29.9 Å². The first-order chi connectivity index (χ1) is 12.7. The van der Waals surface area contributed by atoms with Crippen molar-refractivity contribution in [3.05, 3.63) is 60.2 Å². The van der Waals surface area contributed by atoms with Crippen LogP contribution in [0.3, 0.4) is 0 Å². The van der Waals surface area contributed by atoms with Crippen LogP contribution < -0.4 is 20.7 Å². The zero-order valence-corrected chi connectivity index (χ0v) is 18.0. The van der Waals surface area contributed by atoms with Gasteiger partial charge >= 0.3 is 0 Å². The molecule has 0 heterocycles. The average molecular weight is 482 g/mol. The summed E-state index contributed by atoms with van der Waals surface area (Å²) in [4.78, 5) is 15.3. The summed E-state index contributed by atoms with van der Waals surface area (Å²) in [6.07, 6.45) is 0.869. The summed E-state index contributed by atoms with van der Waals surface area (Å²) in [6.45, 7) is 3.52. The molecule has 0 saturated heterocycles. The monoisotopic (exact) mass is 482 g/mol. The van der Waals surface area contributed by atoms with Crippen LogP contribution in [0, 0.1) is 0 Å². The number of benzene rings is 2. The Morgan fingerprint density at radius 3 is 2.56 bits per heavy atom. The fourth-order valence-corrected chi connectivity index (χ4v) is 2.35. The number of hydrogen-bond donors (Lipinski definition) is 3. The highest BCUT2D eigenvalue weighted by molar-refractivity contribution is 14.0. The highest BCUT2D eigenvalue weighted by Crippen LogP contribution is 2.10. The molecule has 0 atom stereocenters. The number of nitrogens with one attached hydrogen (secondary N) is 3. The average Bonchev–Trinajstić information content (AvgIpc) is 2.64. The van der Waals surface area contributed by atoms with Gasteiger partial charge in [0.05, 0.1) is 6.61 Å². The largest absolute Gasteiger partial charge is 0.494 e. The van der Waals surface area contributed by atoms with Gasteiger partial charge in [-0.3, -0.25) is 9.79 Å². The standard InChI is InChI=1S/C20H26N4O2.HI/c1-16(25)24-18-9-6-8-17(14-18)15-23-20(21-2)22-12-7-13-26-19-10-4-3-5-11-19;/h3-6,8-11,14H,7,12-13,15H2,1-2H3,(H,24,25)(H2,21,22,23);1H. The van der Waals surface area contributed by atoms with E-state index in [1.807, 2.05) is 54.6 Å². The van der Waals surface area contributed by atoms with Crippen molar-refractivity contribution in [2.45, 2.75) is 19.9 Å². The summed E-state index contributed by atoms with van der Waals surface area (Å²) in [5.41, 5.74) is 1.85. The number of ether oxygens (including phenoxy) is 1. The molecule has 7 heteroatoms. The van der Waals surface area contributed by atoms with Crippen molar-refractivity contribution in [1.29, 1.82) is 0 Å². The van der Waals surface area contributed by atoms with Crippen LogP contribution in [0.1, 0.15) is 18.9 Å². The predicted octanol–water partition coefficient (Wildman–Crippen LogP) is 3.40. The number of guanidine groups is 1. The molecular weight excluding hydrogens is 455 g/mol. The zero-order chi connectivity index (χ0) is 18.6. The minimum atomic E-state index is -0.0784. The van der Waals surface area contributed by atoms with Crippen molar-refractivity contribution < 1.29 is 9.53 Å². The van der Waals surface area contributed by atoms with Crippen LogP contribution in [-0.4, -0.2) is 32.1 Å². The Bertz CT molecular complexity index is 723. The lowest BCUT2D eigenvalue weighted by Gasteiger charge is -2.13. The van der Waals surface area contributed by atoms with E-state index in [0.29, 0.717) is 13.2 Å². The first kappa shape index (κ1) is 22.8. The minimum absolute atomic E-state index is 0. The van der Waals surface area contributed by atoms with E-state index in [2.05, 4.69) is 20.9 Å². The summed E-state index contributed by atoms with van der Waals surface area (Å²) in [5.74, 6) is 1.54. The molecule has 0 saturated carbocycles. The van der Waals surface area contributed by atoms with E-state index < -0.39 is 0 Å². The molecule has 0 bridgehead atoms. The highest BCUT2D eigenvalue weighted by atomic mass is 127. The van der Waals surface area contributed by atoms with Crippen molar-refractivity contribution in [2.24, 2.45) is 4.99 Å². The van der Waals surface area contributed by atoms with Gasteiger partial charge in [0.25, 0.3) is 0 Å². The molecule has 0 aliphatic carbocycles. The number of rotatable bonds is 8. The van der Waals surface area contributed by atoms with Crippen molar-refractivity contribution in [1.82, 2.24) is 10.6 Å². The summed E-state index contributed by atoms with van der Waals surface area (Å²) >= 11 is 0. The van der Waals surface area contributed by atoms with E-state index in [1.54, 1.807) is 7.05 Å². The summed E-state index contributed by atoms with van der Waals surface area (Å²) in [5, 5.41) is 9.30. The second-order valence-corrected chi connectivity index (χ2v) is 5.75.